The number of hydrogen-bond acceptors (Lipinski definition) is 1. The summed E-state index contributed by atoms with van der Waals surface area (Å²) in [6.45, 7) is 16.2. The van der Waals surface area contributed by atoms with Crippen LogP contribution in [0.5, 0.6) is 0 Å². The lowest BCUT2D eigenvalue weighted by Gasteiger charge is -2.42. The van der Waals surface area contributed by atoms with Crippen molar-refractivity contribution in [3.63, 3.8) is 0 Å². The molecule has 0 saturated carbocycles. The summed E-state index contributed by atoms with van der Waals surface area (Å²) in [6.07, 6.45) is 1.23. The van der Waals surface area contributed by atoms with Gasteiger partial charge in [0.25, 0.3) is 0 Å². The maximum atomic E-state index is 5.69. The molecule has 2 heteroatoms. The van der Waals surface area contributed by atoms with Crippen LogP contribution in [0.3, 0.4) is 0 Å². The predicted octanol–water partition coefficient (Wildman–Crippen LogP) is 4.05. The Kier molecular flexibility index (Phi) is 3.79. The van der Waals surface area contributed by atoms with Crippen molar-refractivity contribution in [2.24, 2.45) is 5.41 Å². The van der Waals surface area contributed by atoms with Crippen molar-refractivity contribution < 1.29 is 4.43 Å². The van der Waals surface area contributed by atoms with E-state index in [0.29, 0.717) is 10.5 Å². The highest BCUT2D eigenvalue weighted by molar-refractivity contribution is 6.74. The van der Waals surface area contributed by atoms with E-state index in [1.807, 2.05) is 7.11 Å². The van der Waals surface area contributed by atoms with E-state index in [-0.39, 0.29) is 0 Å². The highest BCUT2D eigenvalue weighted by atomic mass is 28.4. The van der Waals surface area contributed by atoms with E-state index < -0.39 is 8.32 Å². The van der Waals surface area contributed by atoms with Crippen molar-refractivity contribution in [3.05, 3.63) is 0 Å². The van der Waals surface area contributed by atoms with Crippen LogP contribution in [0, 0.1) is 5.41 Å². The molecule has 0 rings (SSSR count). The fourth-order valence-electron chi connectivity index (χ4n) is 1.81. The SMILES string of the molecule is CO[Si](C)(C)C(C)(C)CC(C)(C)C. The Morgan fingerprint density at radius 1 is 1.00 bits per heavy atom. The molecule has 0 amide bonds. The topological polar surface area (TPSA) is 9.23 Å². The minimum absolute atomic E-state index is 0.347. The molecule has 0 aliphatic rings. The first-order valence-corrected chi connectivity index (χ1v) is 7.98. The fraction of sp³-hybridized carbons (Fsp3) is 1.00. The van der Waals surface area contributed by atoms with Gasteiger partial charge in [-0.15, -0.1) is 0 Å². The largest absolute Gasteiger partial charge is 0.420 e. The third kappa shape index (κ3) is 3.82. The Balaban J connectivity index is 4.58. The predicted molar refractivity (Wildman–Crippen MR) is 62.6 cm³/mol. The Labute approximate surface area is 85.0 Å². The first kappa shape index (κ1) is 13.2. The minimum atomic E-state index is -1.51. The van der Waals surface area contributed by atoms with Gasteiger partial charge in [-0.2, -0.15) is 0 Å². The van der Waals surface area contributed by atoms with Crippen LogP contribution in [0.2, 0.25) is 18.1 Å². The van der Waals surface area contributed by atoms with Gasteiger partial charge in [-0.3, -0.25) is 0 Å². The molecule has 0 bridgehead atoms. The first-order chi connectivity index (χ1) is 5.52. The molecule has 0 radical (unpaired) electrons. The smallest absolute Gasteiger partial charge is 0.191 e. The van der Waals surface area contributed by atoms with Gasteiger partial charge in [0.2, 0.25) is 0 Å². The van der Waals surface area contributed by atoms with E-state index in [1.165, 1.54) is 6.42 Å². The average molecular weight is 202 g/mol. The van der Waals surface area contributed by atoms with Gasteiger partial charge in [0.1, 0.15) is 0 Å². The summed E-state index contributed by atoms with van der Waals surface area (Å²) < 4.78 is 5.69. The lowest BCUT2D eigenvalue weighted by Crippen LogP contribution is -2.43. The number of rotatable bonds is 3. The molecule has 0 aliphatic heterocycles. The molecule has 0 aliphatic carbocycles. The van der Waals surface area contributed by atoms with E-state index in [2.05, 4.69) is 47.7 Å². The van der Waals surface area contributed by atoms with Gasteiger partial charge in [-0.05, 0) is 30.0 Å². The Bertz CT molecular complexity index is 165. The van der Waals surface area contributed by atoms with E-state index >= 15 is 0 Å². The van der Waals surface area contributed by atoms with Crippen molar-refractivity contribution in [1.82, 2.24) is 0 Å². The summed E-state index contributed by atoms with van der Waals surface area (Å²) in [7, 11) is 0.343. The molecular formula is C11H26OSi. The van der Waals surface area contributed by atoms with Crippen molar-refractivity contribution in [1.29, 1.82) is 0 Å². The summed E-state index contributed by atoms with van der Waals surface area (Å²) in [5.41, 5.74) is 0.395. The van der Waals surface area contributed by atoms with E-state index in [1.54, 1.807) is 0 Å². The monoisotopic (exact) mass is 202 g/mol. The first-order valence-electron chi connectivity index (χ1n) is 5.07. The van der Waals surface area contributed by atoms with Crippen LogP contribution in [0.1, 0.15) is 41.0 Å². The van der Waals surface area contributed by atoms with Gasteiger partial charge < -0.3 is 4.43 Å². The van der Waals surface area contributed by atoms with Crippen molar-refractivity contribution in [2.75, 3.05) is 7.11 Å². The van der Waals surface area contributed by atoms with Gasteiger partial charge in [0, 0.05) is 7.11 Å². The van der Waals surface area contributed by atoms with Crippen molar-refractivity contribution in [3.8, 4) is 0 Å². The maximum absolute atomic E-state index is 5.69. The molecule has 0 spiro atoms. The quantitative estimate of drug-likeness (QED) is 0.627. The van der Waals surface area contributed by atoms with E-state index in [0.717, 1.165) is 0 Å². The summed E-state index contributed by atoms with van der Waals surface area (Å²) in [5, 5.41) is 0.347. The zero-order valence-corrected chi connectivity index (χ0v) is 11.6. The van der Waals surface area contributed by atoms with Crippen LogP contribution >= 0.6 is 0 Å². The van der Waals surface area contributed by atoms with Crippen LogP contribution in [-0.2, 0) is 4.43 Å². The minimum Gasteiger partial charge on any atom is -0.420 e. The molecule has 80 valence electrons. The van der Waals surface area contributed by atoms with Crippen LogP contribution < -0.4 is 0 Å². The molecule has 1 nitrogen and oxygen atoms in total. The molecular weight excluding hydrogens is 176 g/mol. The second-order valence-corrected chi connectivity index (χ2v) is 11.1. The second-order valence-electron chi connectivity index (χ2n) is 6.34. The van der Waals surface area contributed by atoms with Gasteiger partial charge in [0.05, 0.1) is 0 Å². The van der Waals surface area contributed by atoms with Gasteiger partial charge >= 0.3 is 0 Å². The van der Waals surface area contributed by atoms with Crippen molar-refractivity contribution in [2.45, 2.75) is 59.2 Å². The third-order valence-corrected chi connectivity index (χ3v) is 7.57. The molecule has 0 aromatic heterocycles. The lowest BCUT2D eigenvalue weighted by molar-refractivity contribution is 0.285. The van der Waals surface area contributed by atoms with Crippen LogP contribution in [0.25, 0.3) is 0 Å². The zero-order chi connectivity index (χ0) is 10.9. The van der Waals surface area contributed by atoms with Gasteiger partial charge in [-0.1, -0.05) is 34.6 Å². The maximum Gasteiger partial charge on any atom is 0.191 e. The Morgan fingerprint density at radius 2 is 1.38 bits per heavy atom. The van der Waals surface area contributed by atoms with Crippen LogP contribution in [0.4, 0.5) is 0 Å². The van der Waals surface area contributed by atoms with Crippen molar-refractivity contribution >= 4 is 8.32 Å². The lowest BCUT2D eigenvalue weighted by atomic mass is 9.86. The molecule has 0 N–H and O–H groups in total. The highest BCUT2D eigenvalue weighted by Crippen LogP contribution is 2.46. The molecule has 0 fully saturated rings. The molecule has 13 heavy (non-hydrogen) atoms. The molecule has 0 aromatic carbocycles. The summed E-state index contributed by atoms with van der Waals surface area (Å²) in [5.74, 6) is 0. The number of hydrogen-bond donors (Lipinski definition) is 0. The summed E-state index contributed by atoms with van der Waals surface area (Å²) in [6, 6.07) is 0. The Morgan fingerprint density at radius 3 is 1.62 bits per heavy atom. The van der Waals surface area contributed by atoms with E-state index in [4.69, 9.17) is 4.43 Å². The highest BCUT2D eigenvalue weighted by Gasteiger charge is 2.42. The molecule has 0 unspecified atom stereocenters. The molecule has 0 saturated heterocycles. The molecule has 0 aromatic rings. The fourth-order valence-corrected chi connectivity index (χ4v) is 3.32. The van der Waals surface area contributed by atoms with Crippen LogP contribution in [-0.4, -0.2) is 15.4 Å². The summed E-state index contributed by atoms with van der Waals surface area (Å²) >= 11 is 0. The third-order valence-electron chi connectivity index (χ3n) is 3.11. The van der Waals surface area contributed by atoms with Gasteiger partial charge in [0.15, 0.2) is 8.32 Å². The standard InChI is InChI=1S/C11H26OSi/c1-10(2,3)9-11(4,5)13(7,8)12-6/h9H2,1-8H3. The summed E-state index contributed by atoms with van der Waals surface area (Å²) in [4.78, 5) is 0. The normalized spacial score (nSPS) is 14.8. The van der Waals surface area contributed by atoms with Gasteiger partial charge in [-0.25, -0.2) is 0 Å². The molecule has 0 heterocycles. The average Bonchev–Trinajstić information content (AvgIpc) is 1.81. The zero-order valence-electron chi connectivity index (χ0n) is 10.6. The molecule has 0 atom stereocenters. The van der Waals surface area contributed by atoms with Crippen LogP contribution in [0.15, 0.2) is 0 Å². The Hall–Kier alpha value is 0.177. The second kappa shape index (κ2) is 3.74. The van der Waals surface area contributed by atoms with E-state index in [9.17, 15) is 0 Å².